The lowest BCUT2D eigenvalue weighted by atomic mass is 10.4. The molecule has 0 aliphatic rings. The van der Waals surface area contributed by atoms with E-state index in [4.69, 9.17) is 5.73 Å². The Morgan fingerprint density at radius 2 is 2.20 bits per heavy atom. The largest absolute Gasteiger partial charge is 0.358 e. The zero-order valence-corrected chi connectivity index (χ0v) is 3.41. The normalized spacial score (nSPS) is 8.40. The van der Waals surface area contributed by atoms with Gasteiger partial charge in [-0.25, -0.2) is 0 Å². The van der Waals surface area contributed by atoms with Crippen LogP contribution in [-0.2, 0) is 0 Å². The van der Waals surface area contributed by atoms with Crippen molar-refractivity contribution in [1.82, 2.24) is 0 Å². The lowest BCUT2D eigenvalue weighted by molar-refractivity contribution is -0.367. The molecule has 0 aromatic rings. The highest BCUT2D eigenvalue weighted by molar-refractivity contribution is 4.27. The molecule has 0 atom stereocenters. The molecule has 0 saturated heterocycles. The zero-order chi connectivity index (χ0) is 4.12. The first-order valence-electron chi connectivity index (χ1n) is 1.91. The van der Waals surface area contributed by atoms with Gasteiger partial charge in [-0.2, -0.15) is 0 Å². The van der Waals surface area contributed by atoms with Crippen LogP contribution in [0.15, 0.2) is 0 Å². The van der Waals surface area contributed by atoms with Crippen molar-refractivity contribution >= 4 is 0 Å². The van der Waals surface area contributed by atoms with E-state index < -0.39 is 0 Å². The molecular formula is C3H11N2+. The molecule has 32 valence electrons. The molecule has 0 saturated carbocycles. The second-order valence-electron chi connectivity index (χ2n) is 0.996. The van der Waals surface area contributed by atoms with Crippen molar-refractivity contribution in [2.24, 2.45) is 5.73 Å². The first-order valence-corrected chi connectivity index (χ1v) is 1.91. The zero-order valence-electron chi connectivity index (χ0n) is 3.41. The third-order valence-corrected chi connectivity index (χ3v) is 0.454. The smallest absolute Gasteiger partial charge is 0.0752 e. The van der Waals surface area contributed by atoms with Crippen LogP contribution in [-0.4, -0.2) is 13.1 Å². The molecular weight excluding hydrogens is 64.0 g/mol. The first kappa shape index (κ1) is 4.92. The highest BCUT2D eigenvalue weighted by atomic mass is 14.6. The summed E-state index contributed by atoms with van der Waals surface area (Å²) in [6.07, 6.45) is 1.06. The maximum absolute atomic E-state index is 5.10. The van der Waals surface area contributed by atoms with E-state index in [1.807, 2.05) is 0 Å². The highest BCUT2D eigenvalue weighted by Crippen LogP contribution is 1.56. The summed E-state index contributed by atoms with van der Waals surface area (Å²) in [5.74, 6) is 0. The molecule has 0 unspecified atom stereocenters. The lowest BCUT2D eigenvalue weighted by Gasteiger charge is -1.78. The SMILES string of the molecule is NCCC[NH3+]. The van der Waals surface area contributed by atoms with E-state index in [-0.39, 0.29) is 0 Å². The maximum atomic E-state index is 5.10. The van der Waals surface area contributed by atoms with Crippen molar-refractivity contribution in [2.45, 2.75) is 6.42 Å². The van der Waals surface area contributed by atoms with Crippen LogP contribution >= 0.6 is 0 Å². The predicted molar refractivity (Wildman–Crippen MR) is 21.4 cm³/mol. The van der Waals surface area contributed by atoms with E-state index in [1.54, 1.807) is 0 Å². The average Bonchev–Trinajstić information content (AvgIpc) is 1.41. The molecule has 0 aliphatic carbocycles. The Morgan fingerprint density at radius 3 is 2.20 bits per heavy atom. The van der Waals surface area contributed by atoms with Gasteiger partial charge in [0.1, 0.15) is 0 Å². The second-order valence-corrected chi connectivity index (χ2v) is 0.996. The van der Waals surface area contributed by atoms with Crippen LogP contribution in [0.2, 0.25) is 0 Å². The summed E-state index contributed by atoms with van der Waals surface area (Å²) in [5, 5.41) is 0. The third kappa shape index (κ3) is 3.92. The molecule has 0 spiro atoms. The summed E-state index contributed by atoms with van der Waals surface area (Å²) in [7, 11) is 0. The maximum Gasteiger partial charge on any atom is 0.0752 e. The van der Waals surface area contributed by atoms with Gasteiger partial charge >= 0.3 is 0 Å². The topological polar surface area (TPSA) is 53.7 Å². The molecule has 5 N–H and O–H groups in total. The summed E-state index contributed by atoms with van der Waals surface area (Å²) in [6.45, 7) is 1.75. The molecule has 0 radical (unpaired) electrons. The molecule has 2 nitrogen and oxygen atoms in total. The molecule has 0 aromatic heterocycles. The Labute approximate surface area is 32.1 Å². The molecule has 0 fully saturated rings. The standard InChI is InChI=1S/C3H10N2/c4-2-1-3-5/h1-5H2/p+1. The summed E-state index contributed by atoms with van der Waals surface area (Å²) in [4.78, 5) is 0. The molecule has 0 bridgehead atoms. The predicted octanol–water partition coefficient (Wildman–Crippen LogP) is -1.42. The number of hydrogen-bond donors (Lipinski definition) is 2. The van der Waals surface area contributed by atoms with Gasteiger partial charge in [0, 0.05) is 6.42 Å². The molecule has 5 heavy (non-hydrogen) atoms. The molecule has 0 heterocycles. The van der Waals surface area contributed by atoms with Gasteiger partial charge in [0.25, 0.3) is 0 Å². The minimum atomic E-state index is 0.781. The van der Waals surface area contributed by atoms with E-state index in [0.29, 0.717) is 0 Å². The fourth-order valence-electron chi connectivity index (χ4n) is 0.144. The monoisotopic (exact) mass is 75.1 g/mol. The minimum Gasteiger partial charge on any atom is -0.358 e. The van der Waals surface area contributed by atoms with E-state index in [2.05, 4.69) is 5.73 Å². The van der Waals surface area contributed by atoms with E-state index in [1.165, 1.54) is 0 Å². The van der Waals surface area contributed by atoms with Crippen LogP contribution in [0.1, 0.15) is 6.42 Å². The Bertz CT molecular complexity index is 12.4. The quantitative estimate of drug-likeness (QED) is 0.415. The molecule has 0 rings (SSSR count). The Balaban J connectivity index is 2.19. The Kier molecular flexibility index (Phi) is 3.86. The lowest BCUT2D eigenvalue weighted by Crippen LogP contribution is -2.50. The van der Waals surface area contributed by atoms with Gasteiger partial charge in [-0.3, -0.25) is 0 Å². The van der Waals surface area contributed by atoms with Crippen molar-refractivity contribution in [3.63, 3.8) is 0 Å². The fraction of sp³-hybridized carbons (Fsp3) is 1.00. The van der Waals surface area contributed by atoms with Gasteiger partial charge in [0.2, 0.25) is 0 Å². The minimum absolute atomic E-state index is 0.781. The van der Waals surface area contributed by atoms with Gasteiger partial charge in [0.15, 0.2) is 0 Å². The van der Waals surface area contributed by atoms with Crippen molar-refractivity contribution in [2.75, 3.05) is 13.1 Å². The van der Waals surface area contributed by atoms with Crippen molar-refractivity contribution in [3.05, 3.63) is 0 Å². The van der Waals surface area contributed by atoms with Gasteiger partial charge in [0.05, 0.1) is 6.54 Å². The number of hydrogen-bond acceptors (Lipinski definition) is 1. The second kappa shape index (κ2) is 3.92. The summed E-state index contributed by atoms with van der Waals surface area (Å²) in [5.41, 5.74) is 8.69. The first-order chi connectivity index (χ1) is 2.41. The number of rotatable bonds is 2. The van der Waals surface area contributed by atoms with E-state index >= 15 is 0 Å². The van der Waals surface area contributed by atoms with Crippen LogP contribution < -0.4 is 11.5 Å². The summed E-state index contributed by atoms with van der Waals surface area (Å²) >= 11 is 0. The van der Waals surface area contributed by atoms with Gasteiger partial charge in [-0.15, -0.1) is 0 Å². The summed E-state index contributed by atoms with van der Waals surface area (Å²) < 4.78 is 0. The van der Waals surface area contributed by atoms with E-state index in [9.17, 15) is 0 Å². The Hall–Kier alpha value is -0.0800. The van der Waals surface area contributed by atoms with Crippen molar-refractivity contribution in [1.29, 1.82) is 0 Å². The molecule has 0 amide bonds. The fourth-order valence-corrected chi connectivity index (χ4v) is 0.144. The van der Waals surface area contributed by atoms with Gasteiger partial charge < -0.3 is 11.5 Å². The highest BCUT2D eigenvalue weighted by Gasteiger charge is 1.71. The van der Waals surface area contributed by atoms with Gasteiger partial charge in [-0.05, 0) is 6.54 Å². The molecule has 2 heteroatoms. The average molecular weight is 75.1 g/mol. The van der Waals surface area contributed by atoms with Crippen LogP contribution in [0, 0.1) is 0 Å². The van der Waals surface area contributed by atoms with E-state index in [0.717, 1.165) is 19.5 Å². The molecule has 0 aromatic carbocycles. The number of quaternary nitrogens is 1. The molecule has 0 aliphatic heterocycles. The van der Waals surface area contributed by atoms with Gasteiger partial charge in [-0.1, -0.05) is 0 Å². The van der Waals surface area contributed by atoms with Crippen molar-refractivity contribution in [3.8, 4) is 0 Å². The summed E-state index contributed by atoms with van der Waals surface area (Å²) in [6, 6.07) is 0. The van der Waals surface area contributed by atoms with Crippen LogP contribution in [0.4, 0.5) is 0 Å². The van der Waals surface area contributed by atoms with Crippen LogP contribution in [0.25, 0.3) is 0 Å². The third-order valence-electron chi connectivity index (χ3n) is 0.454. The number of nitrogens with two attached hydrogens (primary N) is 1. The van der Waals surface area contributed by atoms with Crippen LogP contribution in [0.5, 0.6) is 0 Å². The van der Waals surface area contributed by atoms with Crippen LogP contribution in [0.3, 0.4) is 0 Å². The Morgan fingerprint density at radius 1 is 1.60 bits per heavy atom. The van der Waals surface area contributed by atoms with Crippen molar-refractivity contribution < 1.29 is 5.73 Å².